The van der Waals surface area contributed by atoms with Gasteiger partial charge in [-0.1, -0.05) is 54.6 Å². The van der Waals surface area contributed by atoms with Gasteiger partial charge >= 0.3 is 0 Å². The molecule has 1 aliphatic carbocycles. The van der Waals surface area contributed by atoms with E-state index in [0.717, 1.165) is 88.2 Å². The van der Waals surface area contributed by atoms with Crippen molar-refractivity contribution in [3.05, 3.63) is 124 Å². The maximum Gasteiger partial charge on any atom is 0.255 e. The molecule has 7 aliphatic rings. The Morgan fingerprint density at radius 2 is 1.63 bits per heavy atom. The van der Waals surface area contributed by atoms with Gasteiger partial charge in [-0.25, -0.2) is 0 Å². The van der Waals surface area contributed by atoms with Crippen LogP contribution in [-0.4, -0.2) is 102 Å². The first kappa shape index (κ1) is 37.3. The summed E-state index contributed by atoms with van der Waals surface area (Å²) in [6.45, 7) is 6.46. The van der Waals surface area contributed by atoms with Crippen molar-refractivity contribution in [2.75, 3.05) is 57.3 Å². The van der Waals surface area contributed by atoms with Crippen LogP contribution in [-0.2, 0) is 32.8 Å². The molecule has 0 aromatic heterocycles. The zero-order chi connectivity index (χ0) is 40.8. The Labute approximate surface area is 350 Å². The molecular formula is C49H51N5O6. The van der Waals surface area contributed by atoms with Crippen molar-refractivity contribution in [3.63, 3.8) is 0 Å². The van der Waals surface area contributed by atoms with Crippen molar-refractivity contribution < 1.29 is 29.0 Å². The molecule has 6 aliphatic heterocycles. The van der Waals surface area contributed by atoms with E-state index in [9.17, 15) is 24.3 Å². The summed E-state index contributed by atoms with van der Waals surface area (Å²) in [6.07, 6.45) is 5.39. The second kappa shape index (κ2) is 14.2. The van der Waals surface area contributed by atoms with Gasteiger partial charge in [-0.2, -0.15) is 0 Å². The van der Waals surface area contributed by atoms with Crippen molar-refractivity contribution in [1.82, 2.24) is 20.0 Å². The van der Waals surface area contributed by atoms with Gasteiger partial charge in [-0.15, -0.1) is 0 Å². The minimum absolute atomic E-state index is 0.142. The second-order valence-corrected chi connectivity index (χ2v) is 18.6. The number of ether oxygens (including phenoxy) is 1. The summed E-state index contributed by atoms with van der Waals surface area (Å²) in [4.78, 5) is 59.8. The van der Waals surface area contributed by atoms with E-state index in [4.69, 9.17) is 4.74 Å². The number of benzene rings is 4. The van der Waals surface area contributed by atoms with E-state index in [-0.39, 0.29) is 40.9 Å². The van der Waals surface area contributed by atoms with E-state index in [1.54, 1.807) is 4.90 Å². The van der Waals surface area contributed by atoms with Crippen molar-refractivity contribution in [2.24, 2.45) is 5.41 Å². The number of nitrogens with zero attached hydrogens (tertiary/aromatic N) is 4. The molecule has 11 rings (SSSR count). The SMILES string of the molecule is O=C1CCC(N2Cc3c(ccc4c3OCC43CCN(CC(=O)N4CC5(CCN(c6ccc(C7c8ccc(O)cc8CCC7c7ccccc7)cc6)C5)C4)CC3)C2=O)C(=O)N1. The number of phenolic OH excluding ortho intramolecular Hbond substituents is 1. The molecule has 2 spiro atoms. The number of phenols is 1. The minimum Gasteiger partial charge on any atom is -0.508 e. The Hall–Kier alpha value is -5.68. The first-order valence-corrected chi connectivity index (χ1v) is 21.8. The highest BCUT2D eigenvalue weighted by Crippen LogP contribution is 2.51. The lowest BCUT2D eigenvalue weighted by Crippen LogP contribution is -2.61. The topological polar surface area (TPSA) is 123 Å². The molecular weight excluding hydrogens is 755 g/mol. The predicted octanol–water partition coefficient (Wildman–Crippen LogP) is 5.48. The highest BCUT2D eigenvalue weighted by Gasteiger charge is 2.51. The summed E-state index contributed by atoms with van der Waals surface area (Å²) >= 11 is 0. The normalized spacial score (nSPS) is 25.2. The quantitative estimate of drug-likeness (QED) is 0.246. The van der Waals surface area contributed by atoms with Crippen LogP contribution in [0.2, 0.25) is 0 Å². The third-order valence-corrected chi connectivity index (χ3v) is 15.2. The summed E-state index contributed by atoms with van der Waals surface area (Å²) in [6, 6.07) is 29.2. The van der Waals surface area contributed by atoms with Crippen LogP contribution in [0.4, 0.5) is 5.69 Å². The van der Waals surface area contributed by atoms with Crippen molar-refractivity contribution >= 4 is 29.3 Å². The summed E-state index contributed by atoms with van der Waals surface area (Å²) in [5, 5.41) is 12.6. The second-order valence-electron chi connectivity index (χ2n) is 18.6. The molecule has 0 bridgehead atoms. The van der Waals surface area contributed by atoms with E-state index in [0.29, 0.717) is 43.3 Å². The molecule has 308 valence electrons. The van der Waals surface area contributed by atoms with Gasteiger partial charge in [0, 0.05) is 71.7 Å². The number of fused-ring (bicyclic) bond motifs is 5. The van der Waals surface area contributed by atoms with Gasteiger partial charge in [-0.3, -0.25) is 29.4 Å². The molecule has 4 saturated heterocycles. The van der Waals surface area contributed by atoms with Gasteiger partial charge in [0.2, 0.25) is 17.7 Å². The molecule has 6 heterocycles. The lowest BCUT2D eigenvalue weighted by atomic mass is 9.69. The monoisotopic (exact) mass is 805 g/mol. The van der Waals surface area contributed by atoms with Crippen molar-refractivity contribution in [2.45, 2.75) is 74.8 Å². The van der Waals surface area contributed by atoms with Crippen LogP contribution in [0, 0.1) is 5.41 Å². The maximum absolute atomic E-state index is 13.6. The Morgan fingerprint density at radius 3 is 2.42 bits per heavy atom. The fourth-order valence-electron chi connectivity index (χ4n) is 11.9. The van der Waals surface area contributed by atoms with Crippen LogP contribution in [0.1, 0.15) is 94.1 Å². The number of nitrogens with one attached hydrogen (secondary N) is 1. The number of amides is 4. The van der Waals surface area contributed by atoms with Gasteiger partial charge in [0.25, 0.3) is 5.91 Å². The third kappa shape index (κ3) is 6.18. The van der Waals surface area contributed by atoms with Crippen LogP contribution in [0.3, 0.4) is 0 Å². The molecule has 2 N–H and O–H groups in total. The minimum atomic E-state index is -0.654. The largest absolute Gasteiger partial charge is 0.508 e. The molecule has 4 aromatic carbocycles. The number of anilines is 1. The molecule has 0 saturated carbocycles. The predicted molar refractivity (Wildman–Crippen MR) is 225 cm³/mol. The highest BCUT2D eigenvalue weighted by atomic mass is 16.5. The number of likely N-dealkylation sites (tertiary alicyclic amines) is 2. The molecule has 11 nitrogen and oxygen atoms in total. The number of aryl methyl sites for hydroxylation is 1. The van der Waals surface area contributed by atoms with E-state index in [2.05, 4.69) is 80.7 Å². The van der Waals surface area contributed by atoms with E-state index < -0.39 is 11.9 Å². The number of imide groups is 1. The Morgan fingerprint density at radius 1 is 0.833 bits per heavy atom. The number of hydrogen-bond acceptors (Lipinski definition) is 8. The smallest absolute Gasteiger partial charge is 0.255 e. The van der Waals surface area contributed by atoms with Gasteiger partial charge in [-0.05, 0) is 110 Å². The third-order valence-electron chi connectivity index (χ3n) is 15.2. The first-order chi connectivity index (χ1) is 29.2. The molecule has 3 unspecified atom stereocenters. The van der Waals surface area contributed by atoms with E-state index in [1.165, 1.54) is 27.9 Å². The zero-order valence-corrected chi connectivity index (χ0v) is 33.9. The summed E-state index contributed by atoms with van der Waals surface area (Å²) < 4.78 is 6.37. The Kier molecular flexibility index (Phi) is 8.85. The Balaban J connectivity index is 0.695. The number of aromatic hydroxyl groups is 1. The van der Waals surface area contributed by atoms with Gasteiger partial charge in [0.1, 0.15) is 17.5 Å². The summed E-state index contributed by atoms with van der Waals surface area (Å²) in [5.41, 5.74) is 8.99. The van der Waals surface area contributed by atoms with Crippen molar-refractivity contribution in [1.29, 1.82) is 0 Å². The van der Waals surface area contributed by atoms with Crippen molar-refractivity contribution in [3.8, 4) is 11.5 Å². The zero-order valence-electron chi connectivity index (χ0n) is 33.9. The highest BCUT2D eigenvalue weighted by molar-refractivity contribution is 6.05. The van der Waals surface area contributed by atoms with Crippen LogP contribution >= 0.6 is 0 Å². The average Bonchev–Trinajstić information content (AvgIpc) is 3.96. The van der Waals surface area contributed by atoms with E-state index >= 15 is 0 Å². The lowest BCUT2D eigenvalue weighted by molar-refractivity contribution is -0.144. The Bertz CT molecular complexity index is 2400. The molecule has 4 fully saturated rings. The van der Waals surface area contributed by atoms with Gasteiger partial charge < -0.3 is 24.5 Å². The number of rotatable bonds is 6. The molecule has 11 heteroatoms. The summed E-state index contributed by atoms with van der Waals surface area (Å²) in [7, 11) is 0. The fraction of sp³-hybridized carbons (Fsp3) is 0.429. The van der Waals surface area contributed by atoms with Crippen LogP contribution in [0.15, 0.2) is 84.9 Å². The molecule has 3 atom stereocenters. The van der Waals surface area contributed by atoms with Crippen LogP contribution < -0.4 is 15.0 Å². The van der Waals surface area contributed by atoms with E-state index in [1.807, 2.05) is 24.3 Å². The standard InChI is InChI=1S/C49H51N5O6/c55-35-11-13-37-33(24-35)8-12-36(31-4-2-1-3-5-31)44(37)32-6-9-34(10-7-32)52-23-18-48(27-52)28-53(29-48)43(57)26-51-21-19-49(20-22-51)30-60-45-39-25-54(41-16-17-42(56)50-46(41)58)47(59)38(39)14-15-40(45)49/h1-7,9-11,13-15,24,36,41,44,55H,8,12,16-23,25-30H2,(H,50,56,58). The lowest BCUT2D eigenvalue weighted by Gasteiger charge is -2.49. The van der Waals surface area contributed by atoms with Gasteiger partial charge in [0.15, 0.2) is 0 Å². The summed E-state index contributed by atoms with van der Waals surface area (Å²) in [5.74, 6) is 1.03. The fourth-order valence-corrected chi connectivity index (χ4v) is 11.9. The number of piperidine rings is 2. The number of carbonyl (C=O) groups excluding carboxylic acids is 4. The maximum atomic E-state index is 13.6. The molecule has 0 radical (unpaired) electrons. The first-order valence-electron chi connectivity index (χ1n) is 21.8. The number of carbonyl (C=O) groups is 4. The van der Waals surface area contributed by atoms with Gasteiger partial charge in [0.05, 0.1) is 19.7 Å². The molecule has 60 heavy (non-hydrogen) atoms. The van der Waals surface area contributed by atoms with Crippen LogP contribution in [0.5, 0.6) is 11.5 Å². The number of hydrogen-bond donors (Lipinski definition) is 2. The molecule has 4 aromatic rings. The van der Waals surface area contributed by atoms with Crippen LogP contribution in [0.25, 0.3) is 0 Å². The molecule has 4 amide bonds. The average molecular weight is 806 g/mol.